The van der Waals surface area contributed by atoms with Crippen molar-refractivity contribution < 1.29 is 13.6 Å². The van der Waals surface area contributed by atoms with Crippen LogP contribution in [0.3, 0.4) is 0 Å². The van der Waals surface area contributed by atoms with Gasteiger partial charge in [0.2, 0.25) is 5.91 Å². The van der Waals surface area contributed by atoms with Gasteiger partial charge in [0.1, 0.15) is 17.3 Å². The molecule has 0 aliphatic carbocycles. The summed E-state index contributed by atoms with van der Waals surface area (Å²) in [6.45, 7) is 0. The number of amides is 1. The average molecular weight is 483 g/mol. The van der Waals surface area contributed by atoms with Crippen molar-refractivity contribution in [2.24, 2.45) is 0 Å². The molecule has 2 aromatic carbocycles. The standard InChI is InChI=1S/C23H16BrFN2O2S/c24-17-5-3-16(4-6-17)21-11-9-19(29-21)10-12-22(28)27-23-26-14-20(30-23)13-15-1-7-18(25)8-2-15/h1-12,14H,13H2,(H,26,27,28)/b12-10+. The molecule has 4 nitrogen and oxygen atoms in total. The Balaban J connectivity index is 1.34. The highest BCUT2D eigenvalue weighted by Gasteiger charge is 2.07. The van der Waals surface area contributed by atoms with Crippen LogP contribution < -0.4 is 5.32 Å². The maximum absolute atomic E-state index is 13.0. The van der Waals surface area contributed by atoms with E-state index in [2.05, 4.69) is 26.2 Å². The second-order valence-electron chi connectivity index (χ2n) is 6.47. The molecule has 0 saturated heterocycles. The quantitative estimate of drug-likeness (QED) is 0.317. The number of aromatic nitrogens is 1. The molecule has 0 fully saturated rings. The Labute approximate surface area is 185 Å². The van der Waals surface area contributed by atoms with Crippen LogP contribution in [0.1, 0.15) is 16.2 Å². The van der Waals surface area contributed by atoms with E-state index in [0.29, 0.717) is 17.3 Å². The van der Waals surface area contributed by atoms with Crippen molar-refractivity contribution >= 4 is 44.4 Å². The van der Waals surface area contributed by atoms with Gasteiger partial charge < -0.3 is 4.42 Å². The van der Waals surface area contributed by atoms with Gasteiger partial charge in [-0.05, 0) is 48.0 Å². The Bertz CT molecular complexity index is 1180. The van der Waals surface area contributed by atoms with Crippen LogP contribution in [0.5, 0.6) is 0 Å². The summed E-state index contributed by atoms with van der Waals surface area (Å²) in [6.07, 6.45) is 5.37. The monoisotopic (exact) mass is 482 g/mol. The summed E-state index contributed by atoms with van der Waals surface area (Å²) in [5, 5.41) is 3.26. The number of hydrogen-bond acceptors (Lipinski definition) is 4. The molecule has 0 unspecified atom stereocenters. The first-order valence-corrected chi connectivity index (χ1v) is 10.7. The number of furan rings is 1. The van der Waals surface area contributed by atoms with Crippen molar-refractivity contribution in [3.63, 3.8) is 0 Å². The van der Waals surface area contributed by atoms with Gasteiger partial charge in [-0.15, -0.1) is 11.3 Å². The van der Waals surface area contributed by atoms with Crippen molar-refractivity contribution in [2.45, 2.75) is 6.42 Å². The number of halogens is 2. The fourth-order valence-corrected chi connectivity index (χ4v) is 3.88. The highest BCUT2D eigenvalue weighted by Crippen LogP contribution is 2.25. The maximum atomic E-state index is 13.0. The second kappa shape index (κ2) is 9.19. The maximum Gasteiger partial charge on any atom is 0.250 e. The number of anilines is 1. The number of carbonyl (C=O) groups is 1. The fourth-order valence-electron chi connectivity index (χ4n) is 2.77. The van der Waals surface area contributed by atoms with Crippen LogP contribution in [0.25, 0.3) is 17.4 Å². The van der Waals surface area contributed by atoms with Crippen molar-refractivity contribution in [1.82, 2.24) is 4.98 Å². The molecule has 0 radical (unpaired) electrons. The zero-order valence-corrected chi connectivity index (χ0v) is 18.0. The largest absolute Gasteiger partial charge is 0.457 e. The smallest absolute Gasteiger partial charge is 0.250 e. The van der Waals surface area contributed by atoms with E-state index in [-0.39, 0.29) is 11.7 Å². The van der Waals surface area contributed by atoms with E-state index in [1.54, 1.807) is 24.4 Å². The molecule has 4 aromatic rings. The Hall–Kier alpha value is -3.03. The summed E-state index contributed by atoms with van der Waals surface area (Å²) < 4.78 is 19.8. The summed E-state index contributed by atoms with van der Waals surface area (Å²) in [4.78, 5) is 17.4. The molecule has 0 aliphatic heterocycles. The van der Waals surface area contributed by atoms with E-state index in [1.807, 2.05) is 36.4 Å². The summed E-state index contributed by atoms with van der Waals surface area (Å²) in [7, 11) is 0. The van der Waals surface area contributed by atoms with E-state index in [0.717, 1.165) is 26.2 Å². The molecule has 150 valence electrons. The molecule has 1 N–H and O–H groups in total. The number of carbonyl (C=O) groups excluding carboxylic acids is 1. The van der Waals surface area contributed by atoms with Gasteiger partial charge in [0.25, 0.3) is 0 Å². The number of thiazole rings is 1. The summed E-state index contributed by atoms with van der Waals surface area (Å²) in [6, 6.07) is 17.8. The van der Waals surface area contributed by atoms with Gasteiger partial charge >= 0.3 is 0 Å². The number of rotatable bonds is 6. The predicted molar refractivity (Wildman–Crippen MR) is 121 cm³/mol. The summed E-state index contributed by atoms with van der Waals surface area (Å²) in [5.74, 6) is 0.759. The molecule has 0 atom stereocenters. The predicted octanol–water partition coefficient (Wildman–Crippen LogP) is 6.55. The minimum atomic E-state index is -0.292. The van der Waals surface area contributed by atoms with E-state index in [9.17, 15) is 9.18 Å². The minimum absolute atomic E-state index is 0.261. The van der Waals surface area contributed by atoms with Crippen LogP contribution in [-0.4, -0.2) is 10.9 Å². The molecular formula is C23H16BrFN2O2S. The van der Waals surface area contributed by atoms with Gasteiger partial charge in [-0.3, -0.25) is 10.1 Å². The molecular weight excluding hydrogens is 467 g/mol. The molecule has 2 heterocycles. The molecule has 0 saturated carbocycles. The van der Waals surface area contributed by atoms with Crippen LogP contribution in [0, 0.1) is 5.82 Å². The minimum Gasteiger partial charge on any atom is -0.457 e. The SMILES string of the molecule is O=C(/C=C/c1ccc(-c2ccc(Br)cc2)o1)Nc1ncc(Cc2ccc(F)cc2)s1. The lowest BCUT2D eigenvalue weighted by Gasteiger charge is -1.98. The third kappa shape index (κ3) is 5.31. The van der Waals surface area contributed by atoms with E-state index in [4.69, 9.17) is 4.42 Å². The number of nitrogens with one attached hydrogen (secondary N) is 1. The second-order valence-corrected chi connectivity index (χ2v) is 8.50. The molecule has 0 aliphatic rings. The van der Waals surface area contributed by atoms with Gasteiger partial charge in [0.15, 0.2) is 5.13 Å². The van der Waals surface area contributed by atoms with Crippen molar-refractivity contribution in [3.8, 4) is 11.3 Å². The zero-order valence-electron chi connectivity index (χ0n) is 15.6. The normalized spacial score (nSPS) is 11.1. The molecule has 2 aromatic heterocycles. The molecule has 4 rings (SSSR count). The summed E-state index contributed by atoms with van der Waals surface area (Å²) >= 11 is 4.79. The molecule has 7 heteroatoms. The first kappa shape index (κ1) is 20.3. The van der Waals surface area contributed by atoms with Crippen molar-refractivity contribution in [3.05, 3.63) is 99.4 Å². The third-order valence-corrected chi connectivity index (χ3v) is 5.67. The first-order valence-electron chi connectivity index (χ1n) is 9.09. The first-order chi connectivity index (χ1) is 14.5. The van der Waals surface area contributed by atoms with Crippen molar-refractivity contribution in [2.75, 3.05) is 5.32 Å². The van der Waals surface area contributed by atoms with E-state index < -0.39 is 0 Å². The average Bonchev–Trinajstić information content (AvgIpc) is 3.38. The lowest BCUT2D eigenvalue weighted by atomic mass is 10.1. The van der Waals surface area contributed by atoms with Crippen LogP contribution in [0.4, 0.5) is 9.52 Å². The zero-order chi connectivity index (χ0) is 20.9. The molecule has 30 heavy (non-hydrogen) atoms. The molecule has 0 spiro atoms. The van der Waals surface area contributed by atoms with Crippen molar-refractivity contribution in [1.29, 1.82) is 0 Å². The third-order valence-electron chi connectivity index (χ3n) is 4.23. The van der Waals surface area contributed by atoms with Gasteiger partial charge in [0, 0.05) is 33.6 Å². The lowest BCUT2D eigenvalue weighted by molar-refractivity contribution is -0.111. The Morgan fingerprint density at radius 2 is 1.87 bits per heavy atom. The molecule has 1 amide bonds. The van der Waals surface area contributed by atoms with Gasteiger partial charge in [-0.2, -0.15) is 0 Å². The van der Waals surface area contributed by atoms with Crippen LogP contribution in [0.2, 0.25) is 0 Å². The van der Waals surface area contributed by atoms with E-state index in [1.165, 1.54) is 29.5 Å². The Morgan fingerprint density at radius 3 is 2.63 bits per heavy atom. The number of hydrogen-bond donors (Lipinski definition) is 1. The Kier molecular flexibility index (Phi) is 6.21. The van der Waals surface area contributed by atoms with Crippen LogP contribution >= 0.6 is 27.3 Å². The van der Waals surface area contributed by atoms with Gasteiger partial charge in [-0.1, -0.05) is 40.2 Å². The highest BCUT2D eigenvalue weighted by atomic mass is 79.9. The lowest BCUT2D eigenvalue weighted by Crippen LogP contribution is -2.06. The number of benzene rings is 2. The number of nitrogens with zero attached hydrogens (tertiary/aromatic N) is 1. The summed E-state index contributed by atoms with van der Waals surface area (Å²) in [5.41, 5.74) is 1.94. The van der Waals surface area contributed by atoms with Crippen LogP contribution in [-0.2, 0) is 11.2 Å². The van der Waals surface area contributed by atoms with Gasteiger partial charge in [-0.25, -0.2) is 9.37 Å². The topological polar surface area (TPSA) is 55.1 Å². The fraction of sp³-hybridized carbons (Fsp3) is 0.0435. The molecule has 0 bridgehead atoms. The highest BCUT2D eigenvalue weighted by molar-refractivity contribution is 9.10. The van der Waals surface area contributed by atoms with Crippen LogP contribution in [0.15, 0.2) is 81.8 Å². The van der Waals surface area contributed by atoms with Gasteiger partial charge in [0.05, 0.1) is 0 Å². The van der Waals surface area contributed by atoms with E-state index >= 15 is 0 Å². The Morgan fingerprint density at radius 1 is 1.10 bits per heavy atom.